The number of hydrogen-bond acceptors (Lipinski definition) is 5. The number of carboxylic acids is 1. The molecule has 1 heterocycles. The van der Waals surface area contributed by atoms with E-state index in [4.69, 9.17) is 20.0 Å². The average molecular weight is 303 g/mol. The van der Waals surface area contributed by atoms with E-state index in [1.807, 2.05) is 0 Å². The Morgan fingerprint density at radius 2 is 2.00 bits per heavy atom. The van der Waals surface area contributed by atoms with Gasteiger partial charge in [0.15, 0.2) is 0 Å². The van der Waals surface area contributed by atoms with E-state index in [-0.39, 0.29) is 13.0 Å². The summed E-state index contributed by atoms with van der Waals surface area (Å²) in [7, 11) is 0. The van der Waals surface area contributed by atoms with Crippen molar-refractivity contribution in [1.82, 2.24) is 0 Å². The number of carbonyl (C=O) groups excluding carboxylic acids is 1. The van der Waals surface area contributed by atoms with Gasteiger partial charge in [0.25, 0.3) is 0 Å². The summed E-state index contributed by atoms with van der Waals surface area (Å²) in [6, 6.07) is 9.22. The molecule has 0 fully saturated rings. The molecule has 0 aliphatic carbocycles. The first kappa shape index (κ1) is 15.8. The van der Waals surface area contributed by atoms with Crippen molar-refractivity contribution in [2.24, 2.45) is 5.73 Å². The molecule has 22 heavy (non-hydrogen) atoms. The van der Waals surface area contributed by atoms with Gasteiger partial charge in [-0.2, -0.15) is 0 Å². The molecule has 1 atom stereocenters. The van der Waals surface area contributed by atoms with Crippen molar-refractivity contribution in [3.05, 3.63) is 47.7 Å². The fraction of sp³-hybridized carbons (Fsp3) is 0.250. The molecule has 0 radical (unpaired) electrons. The second-order valence-corrected chi connectivity index (χ2v) is 4.68. The maximum atomic E-state index is 12.0. The lowest BCUT2D eigenvalue weighted by atomic mass is 10.1. The van der Waals surface area contributed by atoms with E-state index in [0.29, 0.717) is 22.6 Å². The molecule has 0 saturated carbocycles. The molecule has 0 amide bonds. The number of esters is 1. The van der Waals surface area contributed by atoms with Gasteiger partial charge < -0.3 is 20.0 Å². The molecular weight excluding hydrogens is 286 g/mol. The Bertz CT molecular complexity index is 677. The quantitative estimate of drug-likeness (QED) is 0.792. The van der Waals surface area contributed by atoms with E-state index in [0.717, 1.165) is 0 Å². The van der Waals surface area contributed by atoms with Gasteiger partial charge in [0.1, 0.15) is 17.6 Å². The molecule has 116 valence electrons. The van der Waals surface area contributed by atoms with Gasteiger partial charge in [-0.1, -0.05) is 18.2 Å². The van der Waals surface area contributed by atoms with E-state index in [1.165, 1.54) is 0 Å². The van der Waals surface area contributed by atoms with Gasteiger partial charge in [-0.05, 0) is 25.1 Å². The Labute approximate surface area is 127 Å². The minimum absolute atomic E-state index is 0.0803. The fourth-order valence-electron chi connectivity index (χ4n) is 2.02. The first-order chi connectivity index (χ1) is 10.5. The van der Waals surface area contributed by atoms with Crippen LogP contribution in [0.2, 0.25) is 0 Å². The number of ether oxygens (including phenoxy) is 1. The molecule has 0 bridgehead atoms. The van der Waals surface area contributed by atoms with Crippen LogP contribution in [0.15, 0.2) is 40.8 Å². The highest BCUT2D eigenvalue weighted by Crippen LogP contribution is 2.26. The lowest BCUT2D eigenvalue weighted by molar-refractivity contribution is -0.138. The van der Waals surface area contributed by atoms with Crippen LogP contribution in [-0.4, -0.2) is 29.7 Å². The molecule has 2 aromatic rings. The van der Waals surface area contributed by atoms with Crippen molar-refractivity contribution in [2.45, 2.75) is 19.4 Å². The number of nitrogens with two attached hydrogens (primary N) is 1. The zero-order valence-electron chi connectivity index (χ0n) is 12.1. The van der Waals surface area contributed by atoms with Crippen molar-refractivity contribution >= 4 is 11.9 Å². The molecular formula is C16H17NO5. The summed E-state index contributed by atoms with van der Waals surface area (Å²) in [5, 5.41) is 8.82. The second kappa shape index (κ2) is 6.91. The number of furan rings is 1. The van der Waals surface area contributed by atoms with Crippen LogP contribution in [0.4, 0.5) is 0 Å². The second-order valence-electron chi connectivity index (χ2n) is 4.68. The zero-order chi connectivity index (χ0) is 16.1. The van der Waals surface area contributed by atoms with Crippen LogP contribution in [0.25, 0.3) is 11.3 Å². The Morgan fingerprint density at radius 3 is 2.68 bits per heavy atom. The number of benzene rings is 1. The van der Waals surface area contributed by atoms with Gasteiger partial charge in [0, 0.05) is 12.0 Å². The minimum Gasteiger partial charge on any atom is -0.480 e. The zero-order valence-corrected chi connectivity index (χ0v) is 12.1. The van der Waals surface area contributed by atoms with E-state index in [1.54, 1.807) is 43.3 Å². The highest BCUT2D eigenvalue weighted by molar-refractivity contribution is 5.96. The Morgan fingerprint density at radius 1 is 1.27 bits per heavy atom. The Hall–Kier alpha value is -2.60. The minimum atomic E-state index is -1.09. The number of hydrogen-bond donors (Lipinski definition) is 2. The SMILES string of the molecule is CCOC(=O)c1ccccc1-c1ccc(CC(N)C(=O)O)o1. The Kier molecular flexibility index (Phi) is 4.95. The number of rotatable bonds is 6. The van der Waals surface area contributed by atoms with E-state index in [9.17, 15) is 9.59 Å². The predicted molar refractivity (Wildman–Crippen MR) is 79.4 cm³/mol. The molecule has 3 N–H and O–H groups in total. The van der Waals surface area contributed by atoms with Crippen LogP contribution < -0.4 is 5.73 Å². The summed E-state index contributed by atoms with van der Waals surface area (Å²) in [6.07, 6.45) is 0.0803. The van der Waals surface area contributed by atoms with Crippen molar-refractivity contribution in [2.75, 3.05) is 6.61 Å². The molecule has 1 aromatic carbocycles. The van der Waals surface area contributed by atoms with Gasteiger partial charge in [0.2, 0.25) is 0 Å². The van der Waals surface area contributed by atoms with Crippen LogP contribution in [0.3, 0.4) is 0 Å². The maximum absolute atomic E-state index is 12.0. The third kappa shape index (κ3) is 3.53. The van der Waals surface area contributed by atoms with Gasteiger partial charge in [-0.25, -0.2) is 4.79 Å². The molecule has 1 unspecified atom stereocenters. The third-order valence-electron chi connectivity index (χ3n) is 3.09. The molecule has 0 aliphatic heterocycles. The molecule has 2 rings (SSSR count). The number of carbonyl (C=O) groups is 2. The van der Waals surface area contributed by atoms with Gasteiger partial charge in [-0.3, -0.25) is 4.79 Å². The first-order valence-electron chi connectivity index (χ1n) is 6.86. The fourth-order valence-corrected chi connectivity index (χ4v) is 2.02. The highest BCUT2D eigenvalue weighted by Gasteiger charge is 2.18. The first-order valence-corrected chi connectivity index (χ1v) is 6.86. The standard InChI is InChI=1S/C16H17NO5/c1-2-21-16(20)12-6-4-3-5-11(12)14-8-7-10(22-14)9-13(17)15(18)19/h3-8,13H,2,9,17H2,1H3,(H,18,19). The van der Waals surface area contributed by atoms with Crippen molar-refractivity contribution in [3.63, 3.8) is 0 Å². The summed E-state index contributed by atoms with van der Waals surface area (Å²) in [4.78, 5) is 22.7. The van der Waals surface area contributed by atoms with Gasteiger partial charge in [-0.15, -0.1) is 0 Å². The van der Waals surface area contributed by atoms with Crippen LogP contribution in [0, 0.1) is 0 Å². The molecule has 6 heteroatoms. The van der Waals surface area contributed by atoms with E-state index >= 15 is 0 Å². The normalized spacial score (nSPS) is 11.9. The van der Waals surface area contributed by atoms with Crippen LogP contribution in [-0.2, 0) is 16.0 Å². The van der Waals surface area contributed by atoms with E-state index in [2.05, 4.69) is 0 Å². The van der Waals surface area contributed by atoms with Crippen molar-refractivity contribution < 1.29 is 23.8 Å². The number of carboxylic acid groups (broad SMARTS) is 1. The smallest absolute Gasteiger partial charge is 0.338 e. The lowest BCUT2D eigenvalue weighted by Gasteiger charge is -2.07. The predicted octanol–water partition coefficient (Wildman–Crippen LogP) is 2.08. The van der Waals surface area contributed by atoms with Gasteiger partial charge >= 0.3 is 11.9 Å². The lowest BCUT2D eigenvalue weighted by Crippen LogP contribution is -2.32. The average Bonchev–Trinajstić information content (AvgIpc) is 2.95. The van der Waals surface area contributed by atoms with E-state index < -0.39 is 18.0 Å². The number of aliphatic carboxylic acids is 1. The third-order valence-corrected chi connectivity index (χ3v) is 3.09. The van der Waals surface area contributed by atoms with Crippen molar-refractivity contribution in [3.8, 4) is 11.3 Å². The van der Waals surface area contributed by atoms with Crippen LogP contribution in [0.5, 0.6) is 0 Å². The summed E-state index contributed by atoms with van der Waals surface area (Å²) in [5.41, 5.74) is 6.47. The van der Waals surface area contributed by atoms with Crippen molar-refractivity contribution in [1.29, 1.82) is 0 Å². The topological polar surface area (TPSA) is 103 Å². The highest BCUT2D eigenvalue weighted by atomic mass is 16.5. The monoisotopic (exact) mass is 303 g/mol. The summed E-state index contributed by atoms with van der Waals surface area (Å²) >= 11 is 0. The molecule has 1 aromatic heterocycles. The van der Waals surface area contributed by atoms with Crippen LogP contribution >= 0.6 is 0 Å². The summed E-state index contributed by atoms with van der Waals surface area (Å²) < 4.78 is 10.6. The largest absolute Gasteiger partial charge is 0.480 e. The molecule has 6 nitrogen and oxygen atoms in total. The summed E-state index contributed by atoms with van der Waals surface area (Å²) in [6.45, 7) is 2.02. The molecule has 0 aliphatic rings. The Balaban J connectivity index is 2.28. The maximum Gasteiger partial charge on any atom is 0.338 e. The van der Waals surface area contributed by atoms with Gasteiger partial charge in [0.05, 0.1) is 12.2 Å². The summed E-state index contributed by atoms with van der Waals surface area (Å²) in [5.74, 6) is -0.608. The molecule has 0 saturated heterocycles. The molecule has 0 spiro atoms. The van der Waals surface area contributed by atoms with Crippen LogP contribution in [0.1, 0.15) is 23.0 Å².